The van der Waals surface area contributed by atoms with Crippen molar-refractivity contribution >= 4 is 10.0 Å². The van der Waals surface area contributed by atoms with Gasteiger partial charge in [0.25, 0.3) is 0 Å². The van der Waals surface area contributed by atoms with Crippen LogP contribution in [0.1, 0.15) is 16.7 Å². The van der Waals surface area contributed by atoms with Gasteiger partial charge in [-0.05, 0) is 42.4 Å². The molecule has 0 aromatic heterocycles. The highest BCUT2D eigenvalue weighted by Gasteiger charge is 2.36. The van der Waals surface area contributed by atoms with E-state index in [0.29, 0.717) is 22.6 Å². The Morgan fingerprint density at radius 1 is 0.743 bits per heavy atom. The molecule has 11 heteroatoms. The standard InChI is InChI=1S/C24H24F4N2O4S/c1-29-12-19-20(25)22(27)24(23(28)21(19)26)35(31,32)30(13-15-4-8-17(33-2)9-5-15)14-16-6-10-18(34-3)11-7-16/h4-11,29H,12-14H2,1-3H3. The SMILES string of the molecule is CNCc1c(F)c(F)c(S(=O)(=O)N(Cc2ccc(OC)cc2)Cc2ccc(OC)cc2)c(F)c1F. The summed E-state index contributed by atoms with van der Waals surface area (Å²) in [6.45, 7) is -1.20. The fourth-order valence-electron chi connectivity index (χ4n) is 3.44. The maximum absolute atomic E-state index is 14.9. The Labute approximate surface area is 201 Å². The number of hydrogen-bond acceptors (Lipinski definition) is 5. The van der Waals surface area contributed by atoms with E-state index in [-0.39, 0.29) is 13.1 Å². The molecule has 0 saturated carbocycles. The smallest absolute Gasteiger partial charge is 0.249 e. The van der Waals surface area contributed by atoms with E-state index >= 15 is 0 Å². The molecule has 0 saturated heterocycles. The third-order valence-electron chi connectivity index (χ3n) is 5.30. The molecule has 0 amide bonds. The summed E-state index contributed by atoms with van der Waals surface area (Å²) in [6, 6.07) is 12.6. The van der Waals surface area contributed by atoms with E-state index in [0.717, 1.165) is 4.31 Å². The van der Waals surface area contributed by atoms with Crippen LogP contribution in [0, 0.1) is 23.3 Å². The summed E-state index contributed by atoms with van der Waals surface area (Å²) in [6.07, 6.45) is 0. The zero-order valence-corrected chi connectivity index (χ0v) is 20.1. The van der Waals surface area contributed by atoms with Crippen LogP contribution in [0.15, 0.2) is 53.4 Å². The van der Waals surface area contributed by atoms with Gasteiger partial charge in [0.2, 0.25) is 10.0 Å². The average Bonchev–Trinajstić information content (AvgIpc) is 2.86. The lowest BCUT2D eigenvalue weighted by Gasteiger charge is -2.24. The molecular formula is C24H24F4N2O4S. The lowest BCUT2D eigenvalue weighted by Crippen LogP contribution is -2.32. The summed E-state index contributed by atoms with van der Waals surface area (Å²) >= 11 is 0. The Hall–Kier alpha value is -3.15. The van der Waals surface area contributed by atoms with Crippen LogP contribution >= 0.6 is 0 Å². The normalized spacial score (nSPS) is 11.7. The Kier molecular flexibility index (Phi) is 8.36. The summed E-state index contributed by atoms with van der Waals surface area (Å²) in [5.74, 6) is -6.48. The van der Waals surface area contributed by atoms with Crippen LogP contribution in [0.4, 0.5) is 17.6 Å². The highest BCUT2D eigenvalue weighted by Crippen LogP contribution is 2.31. The molecule has 0 aliphatic carbocycles. The van der Waals surface area contributed by atoms with E-state index in [1.165, 1.54) is 21.3 Å². The van der Waals surface area contributed by atoms with E-state index in [9.17, 15) is 26.0 Å². The van der Waals surface area contributed by atoms with Crippen molar-refractivity contribution in [2.45, 2.75) is 24.5 Å². The summed E-state index contributed by atoms with van der Waals surface area (Å²) in [4.78, 5) is -1.69. The molecule has 0 atom stereocenters. The lowest BCUT2D eigenvalue weighted by molar-refractivity contribution is 0.372. The molecule has 1 N–H and O–H groups in total. The summed E-state index contributed by atoms with van der Waals surface area (Å²) in [5, 5.41) is 2.39. The van der Waals surface area contributed by atoms with Crippen LogP contribution in [-0.2, 0) is 29.7 Å². The van der Waals surface area contributed by atoms with Gasteiger partial charge < -0.3 is 14.8 Å². The van der Waals surface area contributed by atoms with Crippen molar-refractivity contribution in [3.05, 3.63) is 88.5 Å². The molecule has 0 radical (unpaired) electrons. The first kappa shape index (κ1) is 26.5. The second-order valence-corrected chi connectivity index (χ2v) is 9.44. The van der Waals surface area contributed by atoms with Crippen molar-refractivity contribution in [3.63, 3.8) is 0 Å². The first-order valence-corrected chi connectivity index (χ1v) is 11.8. The Morgan fingerprint density at radius 3 is 1.49 bits per heavy atom. The molecule has 6 nitrogen and oxygen atoms in total. The van der Waals surface area contributed by atoms with E-state index in [1.807, 2.05) is 0 Å². The zero-order valence-electron chi connectivity index (χ0n) is 19.2. The van der Waals surface area contributed by atoms with Gasteiger partial charge in [-0.15, -0.1) is 0 Å². The number of nitrogens with one attached hydrogen (secondary N) is 1. The highest BCUT2D eigenvalue weighted by atomic mass is 32.2. The van der Waals surface area contributed by atoms with Crippen LogP contribution in [-0.4, -0.2) is 34.0 Å². The molecule has 0 aliphatic rings. The van der Waals surface area contributed by atoms with E-state index in [4.69, 9.17) is 9.47 Å². The van der Waals surface area contributed by atoms with Crippen LogP contribution in [0.25, 0.3) is 0 Å². The fraction of sp³-hybridized carbons (Fsp3) is 0.250. The maximum atomic E-state index is 14.9. The van der Waals surface area contributed by atoms with Gasteiger partial charge in [0.05, 0.1) is 14.2 Å². The van der Waals surface area contributed by atoms with Crippen LogP contribution in [0.5, 0.6) is 11.5 Å². The number of nitrogens with zero attached hydrogens (tertiary/aromatic N) is 1. The minimum atomic E-state index is -5.05. The second kappa shape index (κ2) is 11.1. The van der Waals surface area contributed by atoms with Gasteiger partial charge in [0.1, 0.15) is 11.5 Å². The van der Waals surface area contributed by atoms with Gasteiger partial charge in [0.15, 0.2) is 28.2 Å². The van der Waals surface area contributed by atoms with Gasteiger partial charge in [-0.2, -0.15) is 4.31 Å². The monoisotopic (exact) mass is 512 g/mol. The largest absolute Gasteiger partial charge is 0.497 e. The number of sulfonamides is 1. The van der Waals surface area contributed by atoms with Gasteiger partial charge in [-0.1, -0.05) is 24.3 Å². The zero-order chi connectivity index (χ0) is 25.8. The van der Waals surface area contributed by atoms with Gasteiger partial charge in [0, 0.05) is 25.2 Å². The van der Waals surface area contributed by atoms with E-state index in [1.54, 1.807) is 48.5 Å². The maximum Gasteiger partial charge on any atom is 0.249 e. The highest BCUT2D eigenvalue weighted by molar-refractivity contribution is 7.89. The molecule has 35 heavy (non-hydrogen) atoms. The molecule has 0 unspecified atom stereocenters. The molecular weight excluding hydrogens is 488 g/mol. The summed E-state index contributed by atoms with van der Waals surface area (Å²) in [7, 11) is -0.802. The van der Waals surface area contributed by atoms with Crippen molar-refractivity contribution in [2.75, 3.05) is 21.3 Å². The molecule has 3 aromatic carbocycles. The predicted molar refractivity (Wildman–Crippen MR) is 121 cm³/mol. The minimum absolute atomic E-state index is 0.335. The molecule has 0 bridgehead atoms. The summed E-state index contributed by atoms with van der Waals surface area (Å²) < 4.78 is 96.8. The van der Waals surface area contributed by atoms with Gasteiger partial charge in [-0.25, -0.2) is 26.0 Å². The molecule has 188 valence electrons. The number of hydrogen-bond donors (Lipinski definition) is 1. The number of benzene rings is 3. The summed E-state index contributed by atoms with van der Waals surface area (Å²) in [5.41, 5.74) is -0.0220. The topological polar surface area (TPSA) is 67.9 Å². The quantitative estimate of drug-likeness (QED) is 0.323. The van der Waals surface area contributed by atoms with Crippen molar-refractivity contribution in [2.24, 2.45) is 0 Å². The first-order chi connectivity index (χ1) is 16.6. The Bertz CT molecular complexity index is 1210. The molecule has 0 heterocycles. The second-order valence-electron chi connectivity index (χ2n) is 7.56. The Morgan fingerprint density at radius 2 is 1.14 bits per heavy atom. The number of ether oxygens (including phenoxy) is 2. The molecule has 0 spiro atoms. The molecule has 3 rings (SSSR count). The van der Waals surface area contributed by atoms with E-state index < -0.39 is 50.3 Å². The Balaban J connectivity index is 2.11. The van der Waals surface area contributed by atoms with Crippen LogP contribution < -0.4 is 14.8 Å². The van der Waals surface area contributed by atoms with Gasteiger partial charge >= 0.3 is 0 Å². The van der Waals surface area contributed by atoms with Crippen molar-refractivity contribution in [1.29, 1.82) is 0 Å². The molecule has 0 fully saturated rings. The van der Waals surface area contributed by atoms with Gasteiger partial charge in [-0.3, -0.25) is 0 Å². The fourth-order valence-corrected chi connectivity index (χ4v) is 4.97. The molecule has 3 aromatic rings. The van der Waals surface area contributed by atoms with Crippen LogP contribution in [0.2, 0.25) is 0 Å². The predicted octanol–water partition coefficient (Wildman–Crippen LogP) is 4.37. The molecule has 0 aliphatic heterocycles. The number of halogens is 4. The number of rotatable bonds is 10. The first-order valence-electron chi connectivity index (χ1n) is 10.4. The van der Waals surface area contributed by atoms with Crippen molar-refractivity contribution in [3.8, 4) is 11.5 Å². The third kappa shape index (κ3) is 5.58. The van der Waals surface area contributed by atoms with Crippen molar-refractivity contribution in [1.82, 2.24) is 9.62 Å². The van der Waals surface area contributed by atoms with E-state index in [2.05, 4.69) is 5.32 Å². The number of methoxy groups -OCH3 is 2. The minimum Gasteiger partial charge on any atom is -0.497 e. The van der Waals surface area contributed by atoms with Crippen molar-refractivity contribution < 1.29 is 35.5 Å². The average molecular weight is 513 g/mol. The van der Waals surface area contributed by atoms with Crippen LogP contribution in [0.3, 0.4) is 0 Å². The lowest BCUT2D eigenvalue weighted by atomic mass is 10.1. The third-order valence-corrected chi connectivity index (χ3v) is 7.11.